The van der Waals surface area contributed by atoms with E-state index >= 15 is 0 Å². The lowest BCUT2D eigenvalue weighted by Gasteiger charge is -2.33. The van der Waals surface area contributed by atoms with Crippen molar-refractivity contribution in [2.45, 2.75) is 51.5 Å². The van der Waals surface area contributed by atoms with Gasteiger partial charge in [0.25, 0.3) is 5.56 Å². The summed E-state index contributed by atoms with van der Waals surface area (Å²) in [7, 11) is 0. The zero-order valence-corrected chi connectivity index (χ0v) is 19.7. The molecule has 5 rings (SSSR count). The molecule has 0 amide bonds. The molecule has 2 aliphatic heterocycles. The molecule has 4 heterocycles. The van der Waals surface area contributed by atoms with Gasteiger partial charge in [0.2, 0.25) is 0 Å². The van der Waals surface area contributed by atoms with E-state index in [0.717, 1.165) is 76.0 Å². The molecule has 178 valence electrons. The van der Waals surface area contributed by atoms with Gasteiger partial charge in [0, 0.05) is 56.4 Å². The zero-order chi connectivity index (χ0) is 23.5. The molecule has 1 unspecified atom stereocenters. The predicted molar refractivity (Wildman–Crippen MR) is 130 cm³/mol. The maximum absolute atomic E-state index is 13.0. The molecule has 0 spiro atoms. The maximum atomic E-state index is 13.0. The smallest absolute Gasteiger partial charge is 0.270 e. The highest BCUT2D eigenvalue weighted by Crippen LogP contribution is 2.27. The lowest BCUT2D eigenvalue weighted by molar-refractivity contribution is 0.132. The molecule has 1 atom stereocenters. The number of aromatic nitrogens is 2. The summed E-state index contributed by atoms with van der Waals surface area (Å²) < 4.78 is 1.74. The van der Waals surface area contributed by atoms with Gasteiger partial charge in [-0.1, -0.05) is 25.8 Å². The first-order chi connectivity index (χ1) is 16.6. The number of nitrogens with one attached hydrogen (secondary N) is 2. The monoisotopic (exact) mass is 460 g/mol. The molecule has 0 radical (unpaired) electrons. The summed E-state index contributed by atoms with van der Waals surface area (Å²) in [6, 6.07) is 7.86. The van der Waals surface area contributed by atoms with E-state index in [4.69, 9.17) is 4.99 Å². The Morgan fingerprint density at radius 2 is 1.94 bits per heavy atom. The van der Waals surface area contributed by atoms with Crippen LogP contribution in [-0.2, 0) is 6.54 Å². The number of rotatable bonds is 6. The Morgan fingerprint density at radius 1 is 1.18 bits per heavy atom. The number of likely N-dealkylation sites (N-methyl/N-ethyl adjacent to an activating group) is 1. The van der Waals surface area contributed by atoms with Crippen LogP contribution in [0.15, 0.2) is 34.2 Å². The first kappa shape index (κ1) is 22.6. The van der Waals surface area contributed by atoms with Crippen LogP contribution in [0.25, 0.3) is 6.20 Å². The number of fused-ring (bicyclic) bond motifs is 1. The van der Waals surface area contributed by atoms with E-state index in [0.29, 0.717) is 5.49 Å². The van der Waals surface area contributed by atoms with Crippen molar-refractivity contribution in [1.29, 1.82) is 5.26 Å². The van der Waals surface area contributed by atoms with E-state index in [1.807, 2.05) is 24.5 Å². The summed E-state index contributed by atoms with van der Waals surface area (Å²) in [6.07, 6.45) is 7.39. The van der Waals surface area contributed by atoms with Crippen LogP contribution in [0.4, 0.5) is 5.82 Å². The average molecular weight is 461 g/mol. The third-order valence-electron chi connectivity index (χ3n) is 7.12. The molecule has 2 aromatic rings. The predicted octanol–water partition coefficient (Wildman–Crippen LogP) is 0.724. The summed E-state index contributed by atoms with van der Waals surface area (Å²) in [5.41, 5.74) is 1.75. The number of nitrogens with zero attached hydrogens (tertiary/aromatic N) is 6. The number of hydrogen-bond donors (Lipinski definition) is 2. The minimum atomic E-state index is -0.437. The van der Waals surface area contributed by atoms with Gasteiger partial charge in [0.05, 0.1) is 0 Å². The highest BCUT2D eigenvalue weighted by Gasteiger charge is 2.23. The molecular weight excluding hydrogens is 428 g/mol. The summed E-state index contributed by atoms with van der Waals surface area (Å²) in [4.78, 5) is 27.3. The Labute approximate surface area is 199 Å². The van der Waals surface area contributed by atoms with Crippen molar-refractivity contribution in [2.24, 2.45) is 4.99 Å². The van der Waals surface area contributed by atoms with E-state index < -0.39 is 6.29 Å². The van der Waals surface area contributed by atoms with Gasteiger partial charge in [-0.15, -0.1) is 0 Å². The fourth-order valence-corrected chi connectivity index (χ4v) is 5.14. The van der Waals surface area contributed by atoms with E-state index in [2.05, 4.69) is 38.4 Å². The van der Waals surface area contributed by atoms with Crippen LogP contribution in [0.2, 0.25) is 0 Å². The van der Waals surface area contributed by atoms with Crippen molar-refractivity contribution in [3.8, 4) is 6.07 Å². The first-order valence-electron chi connectivity index (χ1n) is 12.3. The standard InChI is InChI=1S/C25H32N8O/c1-2-31-9-11-32(12-10-31)17-18-7-8-22(27-15-18)29-25-28-16-20-13-19(14-26)24(34)33(23(20)30-25)21-5-3-4-6-21/h7-8,13,15-16,21,25,28H,2-6,9-12,17H2,1H3,(H,27,29). The molecule has 2 N–H and O–H groups in total. The molecule has 1 aliphatic carbocycles. The number of piperazine rings is 1. The third-order valence-corrected chi connectivity index (χ3v) is 7.12. The van der Waals surface area contributed by atoms with Gasteiger partial charge in [0.15, 0.2) is 6.29 Å². The SMILES string of the molecule is CCN1CCN(Cc2ccc(NC3N=c4c(cc(C#N)c(=O)n4C4CCCC4)=CN3)nc2)CC1. The summed E-state index contributed by atoms with van der Waals surface area (Å²) in [5.74, 6) is 0.723. The number of nitriles is 1. The molecule has 0 aromatic carbocycles. The van der Waals surface area contributed by atoms with Crippen LogP contribution in [0.1, 0.15) is 49.8 Å². The van der Waals surface area contributed by atoms with Crippen LogP contribution in [0.3, 0.4) is 0 Å². The van der Waals surface area contributed by atoms with Crippen molar-refractivity contribution in [3.05, 3.63) is 56.6 Å². The highest BCUT2D eigenvalue weighted by atomic mass is 16.1. The molecule has 1 saturated heterocycles. The second kappa shape index (κ2) is 9.95. The zero-order valence-electron chi connectivity index (χ0n) is 19.7. The first-order valence-corrected chi connectivity index (χ1v) is 12.3. The molecule has 2 aromatic heterocycles. The third kappa shape index (κ3) is 4.69. The molecule has 1 saturated carbocycles. The van der Waals surface area contributed by atoms with Crippen LogP contribution >= 0.6 is 0 Å². The van der Waals surface area contributed by atoms with Gasteiger partial charge >= 0.3 is 0 Å². The lowest BCUT2D eigenvalue weighted by Crippen LogP contribution is -2.52. The van der Waals surface area contributed by atoms with Crippen molar-refractivity contribution in [3.63, 3.8) is 0 Å². The Kier molecular flexibility index (Phi) is 6.61. The Morgan fingerprint density at radius 3 is 2.62 bits per heavy atom. The summed E-state index contributed by atoms with van der Waals surface area (Å²) >= 11 is 0. The van der Waals surface area contributed by atoms with Crippen LogP contribution in [0.5, 0.6) is 0 Å². The second-order valence-corrected chi connectivity index (χ2v) is 9.31. The highest BCUT2D eigenvalue weighted by molar-refractivity contribution is 5.39. The van der Waals surface area contributed by atoms with Gasteiger partial charge in [-0.25, -0.2) is 9.98 Å². The Hall–Kier alpha value is -3.22. The fourth-order valence-electron chi connectivity index (χ4n) is 5.14. The minimum absolute atomic E-state index is 0.0991. The molecule has 9 heteroatoms. The quantitative estimate of drug-likeness (QED) is 0.655. The second-order valence-electron chi connectivity index (χ2n) is 9.31. The van der Waals surface area contributed by atoms with E-state index in [-0.39, 0.29) is 17.2 Å². The van der Waals surface area contributed by atoms with E-state index in [9.17, 15) is 10.1 Å². The number of anilines is 1. The lowest BCUT2D eigenvalue weighted by atomic mass is 10.2. The van der Waals surface area contributed by atoms with Gasteiger partial charge < -0.3 is 15.5 Å². The van der Waals surface area contributed by atoms with E-state index in [1.54, 1.807) is 10.6 Å². The molecule has 34 heavy (non-hydrogen) atoms. The van der Waals surface area contributed by atoms with Crippen LogP contribution in [0, 0.1) is 11.3 Å². The largest absolute Gasteiger partial charge is 0.352 e. The number of hydrogen-bond acceptors (Lipinski definition) is 8. The molecule has 0 bridgehead atoms. The van der Waals surface area contributed by atoms with E-state index in [1.165, 1.54) is 5.56 Å². The van der Waals surface area contributed by atoms with Crippen LogP contribution < -0.4 is 26.9 Å². The van der Waals surface area contributed by atoms with Crippen molar-refractivity contribution >= 4 is 12.0 Å². The number of pyridine rings is 2. The van der Waals surface area contributed by atoms with Gasteiger partial charge in [-0.2, -0.15) is 5.26 Å². The minimum Gasteiger partial charge on any atom is -0.352 e. The topological polar surface area (TPSA) is 102 Å². The van der Waals surface area contributed by atoms with Gasteiger partial charge in [-0.05, 0) is 37.1 Å². The maximum Gasteiger partial charge on any atom is 0.270 e. The Balaban J connectivity index is 1.31. The van der Waals surface area contributed by atoms with Crippen LogP contribution in [-0.4, -0.2) is 58.4 Å². The van der Waals surface area contributed by atoms with Gasteiger partial charge in [0.1, 0.15) is 22.9 Å². The molecule has 3 aliphatic rings. The molecule has 2 fully saturated rings. The van der Waals surface area contributed by atoms with Gasteiger partial charge in [-0.3, -0.25) is 14.3 Å². The normalized spacial score (nSPS) is 21.1. The average Bonchev–Trinajstić information content (AvgIpc) is 3.40. The summed E-state index contributed by atoms with van der Waals surface area (Å²) in [5, 5.41) is 16.7. The molecule has 9 nitrogen and oxygen atoms in total. The molecular formula is C25H32N8O. The van der Waals surface area contributed by atoms with Crippen molar-refractivity contribution in [1.82, 2.24) is 24.7 Å². The Bertz CT molecular complexity index is 1230. The fraction of sp³-hybridized carbons (Fsp3) is 0.520. The van der Waals surface area contributed by atoms with Crippen molar-refractivity contribution < 1.29 is 0 Å². The van der Waals surface area contributed by atoms with Crippen molar-refractivity contribution in [2.75, 3.05) is 38.0 Å². The summed E-state index contributed by atoms with van der Waals surface area (Å²) in [6.45, 7) is 8.67.